The van der Waals surface area contributed by atoms with Gasteiger partial charge in [-0.25, -0.2) is 4.39 Å². The highest BCUT2D eigenvalue weighted by molar-refractivity contribution is 5.59. The van der Waals surface area contributed by atoms with E-state index in [1.807, 2.05) is 30.3 Å². The first-order valence-electron chi connectivity index (χ1n) is 7.25. The van der Waals surface area contributed by atoms with Gasteiger partial charge in [-0.3, -0.25) is 0 Å². The highest BCUT2D eigenvalue weighted by Crippen LogP contribution is 2.30. The summed E-state index contributed by atoms with van der Waals surface area (Å²) >= 11 is 0. The number of nitrogens with zero attached hydrogens (tertiary/aromatic N) is 1. The van der Waals surface area contributed by atoms with E-state index in [1.54, 1.807) is 12.1 Å². The normalized spacial score (nSPS) is 15.0. The zero-order chi connectivity index (χ0) is 14.5. The molecule has 0 atom stereocenters. The van der Waals surface area contributed by atoms with E-state index >= 15 is 0 Å². The van der Waals surface area contributed by atoms with Crippen molar-refractivity contribution in [3.05, 3.63) is 59.9 Å². The SMILES string of the molecule is Fc1ccc(OCc2ccccc2)c(N2CCNCC2)c1. The quantitative estimate of drug-likeness (QED) is 0.935. The molecular formula is C17H19FN2O. The minimum atomic E-state index is -0.226. The zero-order valence-corrected chi connectivity index (χ0v) is 11.9. The first kappa shape index (κ1) is 13.9. The van der Waals surface area contributed by atoms with Gasteiger partial charge in [-0.15, -0.1) is 0 Å². The molecule has 0 radical (unpaired) electrons. The van der Waals surface area contributed by atoms with Crippen molar-refractivity contribution in [1.82, 2.24) is 5.32 Å². The summed E-state index contributed by atoms with van der Waals surface area (Å²) in [5, 5.41) is 3.30. The fourth-order valence-corrected chi connectivity index (χ4v) is 2.50. The Hall–Kier alpha value is -2.07. The van der Waals surface area contributed by atoms with Crippen LogP contribution < -0.4 is 15.0 Å². The van der Waals surface area contributed by atoms with Gasteiger partial charge in [0.25, 0.3) is 0 Å². The lowest BCUT2D eigenvalue weighted by Crippen LogP contribution is -2.43. The number of hydrogen-bond donors (Lipinski definition) is 1. The maximum atomic E-state index is 13.6. The molecule has 2 aromatic carbocycles. The second kappa shape index (κ2) is 6.59. The maximum absolute atomic E-state index is 13.6. The van der Waals surface area contributed by atoms with E-state index in [9.17, 15) is 4.39 Å². The summed E-state index contributed by atoms with van der Waals surface area (Å²) in [6.07, 6.45) is 0. The van der Waals surface area contributed by atoms with Gasteiger partial charge in [0, 0.05) is 32.2 Å². The first-order chi connectivity index (χ1) is 10.3. The lowest BCUT2D eigenvalue weighted by molar-refractivity contribution is 0.305. The van der Waals surface area contributed by atoms with Gasteiger partial charge in [0.2, 0.25) is 0 Å². The summed E-state index contributed by atoms with van der Waals surface area (Å²) in [4.78, 5) is 2.17. The van der Waals surface area contributed by atoms with Crippen molar-refractivity contribution < 1.29 is 9.13 Å². The first-order valence-corrected chi connectivity index (χ1v) is 7.25. The number of benzene rings is 2. The van der Waals surface area contributed by atoms with Crippen LogP contribution in [0.25, 0.3) is 0 Å². The fraction of sp³-hybridized carbons (Fsp3) is 0.294. The Balaban J connectivity index is 1.77. The van der Waals surface area contributed by atoms with Gasteiger partial charge in [-0.2, -0.15) is 0 Å². The molecule has 4 heteroatoms. The molecule has 110 valence electrons. The van der Waals surface area contributed by atoms with Crippen molar-refractivity contribution in [1.29, 1.82) is 0 Å². The molecule has 1 heterocycles. The van der Waals surface area contributed by atoms with Crippen LogP contribution in [0.1, 0.15) is 5.56 Å². The molecule has 1 aliphatic rings. The smallest absolute Gasteiger partial charge is 0.143 e. The van der Waals surface area contributed by atoms with Crippen molar-refractivity contribution >= 4 is 5.69 Å². The number of halogens is 1. The summed E-state index contributed by atoms with van der Waals surface area (Å²) in [6.45, 7) is 4.05. The standard InChI is InChI=1S/C17H19FN2O/c18-15-6-7-17(21-13-14-4-2-1-3-5-14)16(12-15)20-10-8-19-9-11-20/h1-7,12,19H,8-11,13H2. The third-order valence-corrected chi connectivity index (χ3v) is 3.62. The number of ether oxygens (including phenoxy) is 1. The van der Waals surface area contributed by atoms with Crippen LogP contribution in [-0.4, -0.2) is 26.2 Å². The van der Waals surface area contributed by atoms with Crippen LogP contribution in [0.15, 0.2) is 48.5 Å². The Labute approximate surface area is 124 Å². The molecule has 0 amide bonds. The molecule has 0 bridgehead atoms. The van der Waals surface area contributed by atoms with E-state index in [2.05, 4.69) is 10.2 Å². The predicted molar refractivity (Wildman–Crippen MR) is 82.3 cm³/mol. The lowest BCUT2D eigenvalue weighted by Gasteiger charge is -2.30. The Kier molecular flexibility index (Phi) is 4.36. The predicted octanol–water partition coefficient (Wildman–Crippen LogP) is 2.81. The molecule has 0 unspecified atom stereocenters. The van der Waals surface area contributed by atoms with Crippen LogP contribution in [0.3, 0.4) is 0 Å². The summed E-state index contributed by atoms with van der Waals surface area (Å²) in [6, 6.07) is 14.7. The number of hydrogen-bond acceptors (Lipinski definition) is 3. The molecule has 1 N–H and O–H groups in total. The van der Waals surface area contributed by atoms with Crippen LogP contribution in [0.5, 0.6) is 5.75 Å². The van der Waals surface area contributed by atoms with E-state index in [4.69, 9.17) is 4.74 Å². The minimum Gasteiger partial charge on any atom is -0.487 e. The van der Waals surface area contributed by atoms with Crippen molar-refractivity contribution in [3.63, 3.8) is 0 Å². The van der Waals surface area contributed by atoms with Crippen molar-refractivity contribution in [2.24, 2.45) is 0 Å². The van der Waals surface area contributed by atoms with Crippen LogP contribution in [0.4, 0.5) is 10.1 Å². The van der Waals surface area contributed by atoms with E-state index in [1.165, 1.54) is 6.07 Å². The Morgan fingerprint density at radius 3 is 2.57 bits per heavy atom. The molecule has 0 saturated carbocycles. The second-order valence-electron chi connectivity index (χ2n) is 5.12. The Morgan fingerprint density at radius 2 is 1.81 bits per heavy atom. The molecule has 1 saturated heterocycles. The monoisotopic (exact) mass is 286 g/mol. The highest BCUT2D eigenvalue weighted by atomic mass is 19.1. The average Bonchev–Trinajstić information content (AvgIpc) is 2.55. The Bertz CT molecular complexity index is 583. The van der Waals surface area contributed by atoms with Gasteiger partial charge in [-0.05, 0) is 17.7 Å². The summed E-state index contributed by atoms with van der Waals surface area (Å²) in [5.41, 5.74) is 1.94. The minimum absolute atomic E-state index is 0.226. The lowest BCUT2D eigenvalue weighted by atomic mass is 10.2. The summed E-state index contributed by atoms with van der Waals surface area (Å²) in [5.74, 6) is 0.512. The van der Waals surface area contributed by atoms with Gasteiger partial charge in [0.1, 0.15) is 18.2 Å². The second-order valence-corrected chi connectivity index (χ2v) is 5.12. The van der Waals surface area contributed by atoms with Crippen LogP contribution >= 0.6 is 0 Å². The van der Waals surface area contributed by atoms with Gasteiger partial charge in [-0.1, -0.05) is 30.3 Å². The van der Waals surface area contributed by atoms with Gasteiger partial charge >= 0.3 is 0 Å². The van der Waals surface area contributed by atoms with E-state index in [0.717, 1.165) is 43.2 Å². The third-order valence-electron chi connectivity index (χ3n) is 3.62. The zero-order valence-electron chi connectivity index (χ0n) is 11.9. The average molecular weight is 286 g/mol. The van der Waals surface area contributed by atoms with E-state index in [-0.39, 0.29) is 5.82 Å². The number of anilines is 1. The van der Waals surface area contributed by atoms with Crippen LogP contribution in [-0.2, 0) is 6.61 Å². The van der Waals surface area contributed by atoms with E-state index < -0.39 is 0 Å². The third kappa shape index (κ3) is 3.52. The van der Waals surface area contributed by atoms with Crippen molar-refractivity contribution in [2.45, 2.75) is 6.61 Å². The molecule has 0 aliphatic carbocycles. The topological polar surface area (TPSA) is 24.5 Å². The molecule has 3 rings (SSSR count). The largest absolute Gasteiger partial charge is 0.487 e. The molecular weight excluding hydrogens is 267 g/mol. The van der Waals surface area contributed by atoms with Gasteiger partial charge in [0.05, 0.1) is 5.69 Å². The molecule has 3 nitrogen and oxygen atoms in total. The number of piperazine rings is 1. The molecule has 0 spiro atoms. The highest BCUT2D eigenvalue weighted by Gasteiger charge is 2.16. The summed E-state index contributed by atoms with van der Waals surface area (Å²) in [7, 11) is 0. The molecule has 2 aromatic rings. The summed E-state index contributed by atoms with van der Waals surface area (Å²) < 4.78 is 19.5. The van der Waals surface area contributed by atoms with Crippen LogP contribution in [0, 0.1) is 5.82 Å². The Morgan fingerprint density at radius 1 is 1.05 bits per heavy atom. The van der Waals surface area contributed by atoms with Crippen molar-refractivity contribution in [2.75, 3.05) is 31.1 Å². The van der Waals surface area contributed by atoms with Gasteiger partial charge in [0.15, 0.2) is 0 Å². The molecule has 1 aliphatic heterocycles. The number of nitrogens with one attached hydrogen (secondary N) is 1. The maximum Gasteiger partial charge on any atom is 0.143 e. The number of rotatable bonds is 4. The van der Waals surface area contributed by atoms with Crippen LogP contribution in [0.2, 0.25) is 0 Å². The van der Waals surface area contributed by atoms with Gasteiger partial charge < -0.3 is 15.0 Å². The molecule has 21 heavy (non-hydrogen) atoms. The fourth-order valence-electron chi connectivity index (χ4n) is 2.50. The van der Waals surface area contributed by atoms with Crippen molar-refractivity contribution in [3.8, 4) is 5.75 Å². The molecule has 0 aromatic heterocycles. The molecule has 1 fully saturated rings. The van der Waals surface area contributed by atoms with E-state index in [0.29, 0.717) is 6.61 Å².